The summed E-state index contributed by atoms with van der Waals surface area (Å²) in [6, 6.07) is 12.9. The second-order valence-electron chi connectivity index (χ2n) is 4.79. The van der Waals surface area contributed by atoms with Crippen molar-refractivity contribution in [2.75, 3.05) is 19.0 Å². The third-order valence-electron chi connectivity index (χ3n) is 3.39. The molecule has 1 aromatic heterocycles. The van der Waals surface area contributed by atoms with Gasteiger partial charge in [-0.3, -0.25) is 4.98 Å². The minimum absolute atomic E-state index is 0.340. The molecule has 19 heavy (non-hydrogen) atoms. The van der Waals surface area contributed by atoms with E-state index in [4.69, 9.17) is 0 Å². The summed E-state index contributed by atoms with van der Waals surface area (Å²) in [4.78, 5) is 6.43. The molecule has 2 rings (SSSR count). The van der Waals surface area contributed by atoms with Crippen molar-refractivity contribution in [2.45, 2.75) is 19.5 Å². The predicted molar refractivity (Wildman–Crippen MR) is 80.3 cm³/mol. The summed E-state index contributed by atoms with van der Waals surface area (Å²) in [6.07, 6.45) is 3.72. The van der Waals surface area contributed by atoms with Crippen LogP contribution in [0.3, 0.4) is 0 Å². The quantitative estimate of drug-likeness (QED) is 0.890. The van der Waals surface area contributed by atoms with Gasteiger partial charge in [0.15, 0.2) is 0 Å². The van der Waals surface area contributed by atoms with Crippen LogP contribution < -0.4 is 10.2 Å². The van der Waals surface area contributed by atoms with Gasteiger partial charge in [0, 0.05) is 37.7 Å². The Bertz CT molecular complexity index is 510. The SMILES string of the molecule is CNC(C)c1ccccc1N(C)Cc1cccnc1. The van der Waals surface area contributed by atoms with Crippen molar-refractivity contribution in [1.82, 2.24) is 10.3 Å². The summed E-state index contributed by atoms with van der Waals surface area (Å²) in [5, 5.41) is 3.30. The van der Waals surface area contributed by atoms with E-state index in [1.54, 1.807) is 6.20 Å². The molecule has 3 heteroatoms. The molecule has 1 aromatic carbocycles. The van der Waals surface area contributed by atoms with Crippen molar-refractivity contribution < 1.29 is 0 Å². The molecule has 0 amide bonds. The summed E-state index contributed by atoms with van der Waals surface area (Å²) >= 11 is 0. The number of para-hydroxylation sites is 1. The van der Waals surface area contributed by atoms with Crippen molar-refractivity contribution >= 4 is 5.69 Å². The maximum absolute atomic E-state index is 4.17. The fraction of sp³-hybridized carbons (Fsp3) is 0.312. The average Bonchev–Trinajstić information content (AvgIpc) is 2.47. The van der Waals surface area contributed by atoms with Crippen molar-refractivity contribution in [2.24, 2.45) is 0 Å². The molecule has 0 aliphatic carbocycles. The molecule has 1 atom stereocenters. The van der Waals surface area contributed by atoms with Gasteiger partial charge in [-0.05, 0) is 37.2 Å². The molecular weight excluding hydrogens is 234 g/mol. The molecule has 1 heterocycles. The zero-order valence-corrected chi connectivity index (χ0v) is 11.8. The molecule has 2 aromatic rings. The van der Waals surface area contributed by atoms with Gasteiger partial charge in [0.05, 0.1) is 0 Å². The fourth-order valence-electron chi connectivity index (χ4n) is 2.21. The normalized spacial score (nSPS) is 12.2. The van der Waals surface area contributed by atoms with E-state index in [0.717, 1.165) is 6.54 Å². The number of aromatic nitrogens is 1. The van der Waals surface area contributed by atoms with Gasteiger partial charge in [0.2, 0.25) is 0 Å². The molecule has 100 valence electrons. The molecular formula is C16H21N3. The van der Waals surface area contributed by atoms with E-state index < -0.39 is 0 Å². The highest BCUT2D eigenvalue weighted by atomic mass is 15.1. The van der Waals surface area contributed by atoms with Crippen LogP contribution in [0.2, 0.25) is 0 Å². The Hall–Kier alpha value is -1.87. The van der Waals surface area contributed by atoms with E-state index in [2.05, 4.69) is 59.5 Å². The number of hydrogen-bond donors (Lipinski definition) is 1. The first-order valence-corrected chi connectivity index (χ1v) is 6.58. The maximum atomic E-state index is 4.17. The van der Waals surface area contributed by atoms with Crippen LogP contribution in [0, 0.1) is 0 Å². The van der Waals surface area contributed by atoms with E-state index in [1.165, 1.54) is 16.8 Å². The lowest BCUT2D eigenvalue weighted by molar-refractivity contribution is 0.649. The summed E-state index contributed by atoms with van der Waals surface area (Å²) in [5.41, 5.74) is 3.79. The lowest BCUT2D eigenvalue weighted by atomic mass is 10.1. The van der Waals surface area contributed by atoms with Crippen LogP contribution in [0.1, 0.15) is 24.1 Å². The number of benzene rings is 1. The molecule has 0 fully saturated rings. The van der Waals surface area contributed by atoms with Crippen LogP contribution >= 0.6 is 0 Å². The van der Waals surface area contributed by atoms with Crippen molar-refractivity contribution in [3.8, 4) is 0 Å². The average molecular weight is 255 g/mol. The van der Waals surface area contributed by atoms with Gasteiger partial charge in [-0.2, -0.15) is 0 Å². The van der Waals surface area contributed by atoms with Gasteiger partial charge in [0.1, 0.15) is 0 Å². The highest BCUT2D eigenvalue weighted by Crippen LogP contribution is 2.26. The van der Waals surface area contributed by atoms with Gasteiger partial charge < -0.3 is 10.2 Å². The molecule has 0 bridgehead atoms. The van der Waals surface area contributed by atoms with E-state index in [0.29, 0.717) is 6.04 Å². The lowest BCUT2D eigenvalue weighted by Crippen LogP contribution is -2.21. The molecule has 0 spiro atoms. The molecule has 0 aliphatic heterocycles. The Morgan fingerprint density at radius 2 is 2.00 bits per heavy atom. The third kappa shape index (κ3) is 3.32. The van der Waals surface area contributed by atoms with Crippen molar-refractivity contribution in [3.05, 3.63) is 59.9 Å². The second-order valence-corrected chi connectivity index (χ2v) is 4.79. The zero-order valence-electron chi connectivity index (χ0n) is 11.8. The van der Waals surface area contributed by atoms with Gasteiger partial charge >= 0.3 is 0 Å². The van der Waals surface area contributed by atoms with Gasteiger partial charge in [-0.15, -0.1) is 0 Å². The molecule has 3 nitrogen and oxygen atoms in total. The Balaban J connectivity index is 2.21. The molecule has 0 saturated carbocycles. The summed E-state index contributed by atoms with van der Waals surface area (Å²) in [6.45, 7) is 3.04. The van der Waals surface area contributed by atoms with Gasteiger partial charge in [-0.25, -0.2) is 0 Å². The topological polar surface area (TPSA) is 28.2 Å². The highest BCUT2D eigenvalue weighted by molar-refractivity contribution is 5.54. The zero-order chi connectivity index (χ0) is 13.7. The first-order valence-electron chi connectivity index (χ1n) is 6.58. The summed E-state index contributed by atoms with van der Waals surface area (Å²) in [5.74, 6) is 0. The van der Waals surface area contributed by atoms with Crippen molar-refractivity contribution in [1.29, 1.82) is 0 Å². The Morgan fingerprint density at radius 1 is 1.21 bits per heavy atom. The summed E-state index contributed by atoms with van der Waals surface area (Å²) < 4.78 is 0. The van der Waals surface area contributed by atoms with Crippen LogP contribution in [0.15, 0.2) is 48.8 Å². The Kier molecular flexibility index (Phi) is 4.53. The first kappa shape index (κ1) is 13.6. The van der Waals surface area contributed by atoms with E-state index in [1.807, 2.05) is 19.3 Å². The van der Waals surface area contributed by atoms with Crippen molar-refractivity contribution in [3.63, 3.8) is 0 Å². The number of pyridine rings is 1. The lowest BCUT2D eigenvalue weighted by Gasteiger charge is -2.25. The van der Waals surface area contributed by atoms with Crippen LogP contribution in [0.5, 0.6) is 0 Å². The highest BCUT2D eigenvalue weighted by Gasteiger charge is 2.11. The van der Waals surface area contributed by atoms with E-state index in [9.17, 15) is 0 Å². The largest absolute Gasteiger partial charge is 0.370 e. The molecule has 1 unspecified atom stereocenters. The number of nitrogens with zero attached hydrogens (tertiary/aromatic N) is 2. The maximum Gasteiger partial charge on any atom is 0.0441 e. The molecule has 0 aliphatic rings. The Morgan fingerprint density at radius 3 is 2.68 bits per heavy atom. The monoisotopic (exact) mass is 255 g/mol. The molecule has 1 N–H and O–H groups in total. The predicted octanol–water partition coefficient (Wildman–Crippen LogP) is 3.00. The number of nitrogens with one attached hydrogen (secondary N) is 1. The van der Waals surface area contributed by atoms with Crippen LogP contribution in [-0.4, -0.2) is 19.1 Å². The van der Waals surface area contributed by atoms with Crippen LogP contribution in [-0.2, 0) is 6.54 Å². The smallest absolute Gasteiger partial charge is 0.0441 e. The van der Waals surface area contributed by atoms with Crippen LogP contribution in [0.25, 0.3) is 0 Å². The van der Waals surface area contributed by atoms with Gasteiger partial charge in [0.25, 0.3) is 0 Å². The van der Waals surface area contributed by atoms with E-state index in [-0.39, 0.29) is 0 Å². The summed E-state index contributed by atoms with van der Waals surface area (Å²) in [7, 11) is 4.11. The third-order valence-corrected chi connectivity index (χ3v) is 3.39. The molecule has 0 radical (unpaired) electrons. The fourth-order valence-corrected chi connectivity index (χ4v) is 2.21. The second kappa shape index (κ2) is 6.34. The minimum atomic E-state index is 0.340. The molecule has 0 saturated heterocycles. The number of rotatable bonds is 5. The van der Waals surface area contributed by atoms with E-state index >= 15 is 0 Å². The standard InChI is InChI=1S/C16H21N3/c1-13(17-2)15-8-4-5-9-16(15)19(3)12-14-7-6-10-18-11-14/h4-11,13,17H,12H2,1-3H3. The first-order chi connectivity index (χ1) is 9.22. The van der Waals surface area contributed by atoms with Crippen LogP contribution in [0.4, 0.5) is 5.69 Å². The minimum Gasteiger partial charge on any atom is -0.370 e. The number of anilines is 1. The van der Waals surface area contributed by atoms with Gasteiger partial charge in [-0.1, -0.05) is 24.3 Å². The Labute approximate surface area is 115 Å². The number of hydrogen-bond acceptors (Lipinski definition) is 3.